The lowest BCUT2D eigenvalue weighted by Crippen LogP contribution is -2.50. The molecule has 3 rings (SSSR count). The Morgan fingerprint density at radius 1 is 1.04 bits per heavy atom. The summed E-state index contributed by atoms with van der Waals surface area (Å²) in [6.45, 7) is 7.06. The van der Waals surface area contributed by atoms with E-state index in [4.69, 9.17) is 11.6 Å². The van der Waals surface area contributed by atoms with E-state index in [0.29, 0.717) is 13.1 Å². The number of urea groups is 1. The Balaban J connectivity index is 1.60. The van der Waals surface area contributed by atoms with Crippen LogP contribution in [0.25, 0.3) is 0 Å². The fourth-order valence-corrected chi connectivity index (χ4v) is 3.41. The van der Waals surface area contributed by atoms with Gasteiger partial charge in [-0.1, -0.05) is 33.6 Å². The van der Waals surface area contributed by atoms with Crippen LogP contribution in [0.5, 0.6) is 0 Å². The molecule has 2 aromatic rings. The van der Waals surface area contributed by atoms with E-state index in [1.54, 1.807) is 0 Å². The minimum atomic E-state index is -0.0517. The van der Waals surface area contributed by atoms with Crippen LogP contribution in [0, 0.1) is 13.8 Å². The summed E-state index contributed by atoms with van der Waals surface area (Å²) in [7, 11) is 0. The summed E-state index contributed by atoms with van der Waals surface area (Å²) in [4.78, 5) is 16.6. The highest BCUT2D eigenvalue weighted by molar-refractivity contribution is 9.10. The topological polar surface area (TPSA) is 35.6 Å². The highest BCUT2D eigenvalue weighted by Gasteiger charge is 2.22. The number of rotatable bonds is 2. The number of aryl methyl sites for hydroxylation is 2. The molecule has 1 aliphatic rings. The van der Waals surface area contributed by atoms with Gasteiger partial charge in [-0.3, -0.25) is 0 Å². The molecular formula is C19H21BrClN3O. The van der Waals surface area contributed by atoms with Gasteiger partial charge in [-0.2, -0.15) is 0 Å². The summed E-state index contributed by atoms with van der Waals surface area (Å²) in [5.74, 6) is 0. The molecule has 0 spiro atoms. The minimum absolute atomic E-state index is 0.0517. The van der Waals surface area contributed by atoms with E-state index in [1.165, 1.54) is 5.56 Å². The monoisotopic (exact) mass is 421 g/mol. The molecule has 0 aromatic heterocycles. The van der Waals surface area contributed by atoms with Gasteiger partial charge in [0.1, 0.15) is 0 Å². The van der Waals surface area contributed by atoms with E-state index < -0.39 is 0 Å². The van der Waals surface area contributed by atoms with Crippen molar-refractivity contribution in [2.45, 2.75) is 13.8 Å². The van der Waals surface area contributed by atoms with Crippen molar-refractivity contribution in [3.05, 3.63) is 57.0 Å². The Kier molecular flexibility index (Phi) is 5.54. The molecule has 1 aliphatic heterocycles. The molecule has 0 saturated carbocycles. The van der Waals surface area contributed by atoms with Crippen LogP contribution < -0.4 is 10.2 Å². The Morgan fingerprint density at radius 2 is 1.76 bits per heavy atom. The van der Waals surface area contributed by atoms with Crippen LogP contribution in [0.3, 0.4) is 0 Å². The first-order valence-corrected chi connectivity index (χ1v) is 9.44. The van der Waals surface area contributed by atoms with Crippen molar-refractivity contribution >= 4 is 44.9 Å². The number of carbonyl (C=O) groups excluding carboxylic acids is 1. The lowest BCUT2D eigenvalue weighted by molar-refractivity contribution is 0.208. The van der Waals surface area contributed by atoms with Gasteiger partial charge in [0.05, 0.1) is 0 Å². The fourth-order valence-electron chi connectivity index (χ4n) is 3.00. The number of hydrogen-bond donors (Lipinski definition) is 1. The number of carbonyl (C=O) groups is 1. The molecule has 132 valence electrons. The van der Waals surface area contributed by atoms with Crippen LogP contribution in [0.15, 0.2) is 40.9 Å². The third-order valence-electron chi connectivity index (χ3n) is 4.49. The van der Waals surface area contributed by atoms with Crippen molar-refractivity contribution in [1.82, 2.24) is 4.90 Å². The highest BCUT2D eigenvalue weighted by Crippen LogP contribution is 2.25. The van der Waals surface area contributed by atoms with Crippen LogP contribution in [0.4, 0.5) is 16.2 Å². The number of nitrogens with zero attached hydrogens (tertiary/aromatic N) is 2. The largest absolute Gasteiger partial charge is 0.368 e. The van der Waals surface area contributed by atoms with E-state index in [2.05, 4.69) is 33.1 Å². The second-order valence-corrected chi connectivity index (χ2v) is 7.59. The molecule has 1 heterocycles. The quantitative estimate of drug-likeness (QED) is 0.733. The fraction of sp³-hybridized carbons (Fsp3) is 0.316. The maximum Gasteiger partial charge on any atom is 0.321 e. The zero-order valence-electron chi connectivity index (χ0n) is 14.4. The summed E-state index contributed by atoms with van der Waals surface area (Å²) in [6, 6.07) is 11.7. The van der Waals surface area contributed by atoms with Crippen molar-refractivity contribution in [2.24, 2.45) is 0 Å². The molecule has 2 amide bonds. The minimum Gasteiger partial charge on any atom is -0.368 e. The van der Waals surface area contributed by atoms with Crippen molar-refractivity contribution in [3.8, 4) is 0 Å². The average molecular weight is 423 g/mol. The molecule has 0 bridgehead atoms. The lowest BCUT2D eigenvalue weighted by Gasteiger charge is -2.36. The normalized spacial score (nSPS) is 14.6. The number of amides is 2. The molecular weight excluding hydrogens is 402 g/mol. The van der Waals surface area contributed by atoms with Crippen LogP contribution in [0.1, 0.15) is 11.1 Å². The SMILES string of the molecule is Cc1cc(NC(=O)N2CCN(c3cc(Cl)ccc3C)CC2)ccc1Br. The molecule has 0 aliphatic carbocycles. The number of anilines is 2. The maximum absolute atomic E-state index is 12.5. The maximum atomic E-state index is 12.5. The number of halogens is 2. The summed E-state index contributed by atoms with van der Waals surface area (Å²) in [5.41, 5.74) is 4.27. The van der Waals surface area contributed by atoms with Gasteiger partial charge in [-0.25, -0.2) is 4.79 Å². The predicted octanol–water partition coefficient (Wildman–Crippen LogP) is 5.07. The summed E-state index contributed by atoms with van der Waals surface area (Å²) < 4.78 is 1.04. The lowest BCUT2D eigenvalue weighted by atomic mass is 10.1. The van der Waals surface area contributed by atoms with E-state index in [9.17, 15) is 4.79 Å². The first-order valence-electron chi connectivity index (χ1n) is 8.27. The van der Waals surface area contributed by atoms with Crippen LogP contribution in [0.2, 0.25) is 5.02 Å². The second-order valence-electron chi connectivity index (χ2n) is 6.30. The van der Waals surface area contributed by atoms with Crippen molar-refractivity contribution in [2.75, 3.05) is 36.4 Å². The third-order valence-corrected chi connectivity index (χ3v) is 5.61. The molecule has 0 radical (unpaired) electrons. The average Bonchev–Trinajstić information content (AvgIpc) is 2.60. The zero-order valence-corrected chi connectivity index (χ0v) is 16.7. The van der Waals surface area contributed by atoms with E-state index in [-0.39, 0.29) is 6.03 Å². The number of nitrogens with one attached hydrogen (secondary N) is 1. The molecule has 0 atom stereocenters. The summed E-state index contributed by atoms with van der Waals surface area (Å²) >= 11 is 9.60. The van der Waals surface area contributed by atoms with E-state index >= 15 is 0 Å². The molecule has 1 N–H and O–H groups in total. The van der Waals surface area contributed by atoms with E-state index in [0.717, 1.165) is 39.5 Å². The first-order chi connectivity index (χ1) is 11.9. The number of benzene rings is 2. The summed E-state index contributed by atoms with van der Waals surface area (Å²) in [6.07, 6.45) is 0. The van der Waals surface area contributed by atoms with Crippen LogP contribution in [-0.4, -0.2) is 37.1 Å². The molecule has 2 aromatic carbocycles. The Labute approximate surface area is 161 Å². The molecule has 0 unspecified atom stereocenters. The highest BCUT2D eigenvalue weighted by atomic mass is 79.9. The van der Waals surface area contributed by atoms with Gasteiger partial charge in [0.15, 0.2) is 0 Å². The standard InChI is InChI=1S/C19H21BrClN3O/c1-13-3-4-15(21)12-18(13)23-7-9-24(10-8-23)19(25)22-16-5-6-17(20)14(2)11-16/h3-6,11-12H,7-10H2,1-2H3,(H,22,25). The molecule has 1 saturated heterocycles. The van der Waals surface area contributed by atoms with Crippen molar-refractivity contribution in [1.29, 1.82) is 0 Å². The van der Waals surface area contributed by atoms with Gasteiger partial charge in [0.2, 0.25) is 0 Å². The van der Waals surface area contributed by atoms with Crippen LogP contribution >= 0.6 is 27.5 Å². The van der Waals surface area contributed by atoms with E-state index in [1.807, 2.05) is 48.2 Å². The third kappa shape index (κ3) is 4.28. The first kappa shape index (κ1) is 18.1. The smallest absolute Gasteiger partial charge is 0.321 e. The predicted molar refractivity (Wildman–Crippen MR) is 108 cm³/mol. The number of hydrogen-bond acceptors (Lipinski definition) is 2. The Bertz CT molecular complexity index is 788. The summed E-state index contributed by atoms with van der Waals surface area (Å²) in [5, 5.41) is 3.72. The Hall–Kier alpha value is -1.72. The van der Waals surface area contributed by atoms with Gasteiger partial charge in [-0.15, -0.1) is 0 Å². The van der Waals surface area contributed by atoms with Crippen molar-refractivity contribution < 1.29 is 4.79 Å². The van der Waals surface area contributed by atoms with Crippen molar-refractivity contribution in [3.63, 3.8) is 0 Å². The molecule has 6 heteroatoms. The molecule has 4 nitrogen and oxygen atoms in total. The van der Waals surface area contributed by atoms with Gasteiger partial charge in [0.25, 0.3) is 0 Å². The second kappa shape index (κ2) is 7.67. The van der Waals surface area contributed by atoms with Gasteiger partial charge in [-0.05, 0) is 55.3 Å². The number of piperazine rings is 1. The van der Waals surface area contributed by atoms with Gasteiger partial charge in [0, 0.05) is 47.0 Å². The van der Waals surface area contributed by atoms with Gasteiger partial charge >= 0.3 is 6.03 Å². The molecule has 1 fully saturated rings. The Morgan fingerprint density at radius 3 is 2.44 bits per heavy atom. The molecule has 25 heavy (non-hydrogen) atoms. The zero-order chi connectivity index (χ0) is 18.0. The van der Waals surface area contributed by atoms with Gasteiger partial charge < -0.3 is 15.1 Å². The van der Waals surface area contributed by atoms with Crippen LogP contribution in [-0.2, 0) is 0 Å².